The third-order valence-electron chi connectivity index (χ3n) is 4.79. The number of amides is 1. The summed E-state index contributed by atoms with van der Waals surface area (Å²) >= 11 is 0. The highest BCUT2D eigenvalue weighted by molar-refractivity contribution is 5.95. The first kappa shape index (κ1) is 13.6. The molecule has 3 heterocycles. The monoisotopic (exact) mass is 276 g/mol. The van der Waals surface area contributed by atoms with E-state index in [-0.39, 0.29) is 5.91 Å². The first-order valence-corrected chi connectivity index (χ1v) is 7.64. The maximum atomic E-state index is 12.7. The number of fused-ring (bicyclic) bond motifs is 2. The average molecular weight is 276 g/mol. The summed E-state index contributed by atoms with van der Waals surface area (Å²) in [4.78, 5) is 14.7. The van der Waals surface area contributed by atoms with E-state index in [4.69, 9.17) is 0 Å². The molecule has 2 bridgehead atoms. The molecular formula is C15H24N4O. The van der Waals surface area contributed by atoms with Crippen LogP contribution in [0.4, 0.5) is 0 Å². The van der Waals surface area contributed by atoms with Gasteiger partial charge in [0.15, 0.2) is 0 Å². The molecule has 5 nitrogen and oxygen atoms in total. The van der Waals surface area contributed by atoms with Gasteiger partial charge in [-0.05, 0) is 32.1 Å². The molecule has 2 atom stereocenters. The van der Waals surface area contributed by atoms with Crippen molar-refractivity contribution in [1.29, 1.82) is 0 Å². The third kappa shape index (κ3) is 2.35. The minimum Gasteiger partial charge on any atom is -0.338 e. The lowest BCUT2D eigenvalue weighted by Gasteiger charge is -2.35. The summed E-state index contributed by atoms with van der Waals surface area (Å²) in [5.74, 6) is 0.126. The van der Waals surface area contributed by atoms with Crippen molar-refractivity contribution in [2.75, 3.05) is 7.05 Å². The summed E-state index contributed by atoms with van der Waals surface area (Å²) in [5, 5.41) is 8.00. The lowest BCUT2D eigenvalue weighted by Crippen LogP contribution is -2.48. The number of aryl methyl sites for hydroxylation is 2. The smallest absolute Gasteiger partial charge is 0.257 e. The number of nitrogens with one attached hydrogen (secondary N) is 1. The van der Waals surface area contributed by atoms with Crippen LogP contribution in [0.15, 0.2) is 6.20 Å². The summed E-state index contributed by atoms with van der Waals surface area (Å²) in [5.41, 5.74) is 1.67. The van der Waals surface area contributed by atoms with Crippen LogP contribution >= 0.6 is 0 Å². The van der Waals surface area contributed by atoms with Crippen molar-refractivity contribution in [2.24, 2.45) is 7.05 Å². The van der Waals surface area contributed by atoms with Gasteiger partial charge in [0, 0.05) is 38.4 Å². The zero-order valence-electron chi connectivity index (χ0n) is 12.6. The van der Waals surface area contributed by atoms with Gasteiger partial charge in [0.2, 0.25) is 0 Å². The maximum absolute atomic E-state index is 12.7. The first-order chi connectivity index (χ1) is 9.58. The molecule has 0 spiro atoms. The molecule has 5 heteroatoms. The Morgan fingerprint density at radius 2 is 2.10 bits per heavy atom. The first-order valence-electron chi connectivity index (χ1n) is 7.64. The van der Waals surface area contributed by atoms with Gasteiger partial charge in [-0.3, -0.25) is 9.48 Å². The molecule has 3 rings (SSSR count). The van der Waals surface area contributed by atoms with E-state index >= 15 is 0 Å². The van der Waals surface area contributed by atoms with Crippen molar-refractivity contribution in [3.05, 3.63) is 17.5 Å². The maximum Gasteiger partial charge on any atom is 0.257 e. The molecule has 0 saturated carbocycles. The van der Waals surface area contributed by atoms with Crippen molar-refractivity contribution in [3.63, 3.8) is 0 Å². The van der Waals surface area contributed by atoms with Crippen LogP contribution < -0.4 is 5.32 Å². The molecule has 0 aromatic carbocycles. The SMILES string of the molecule is CCc1nn(C)cc1C(=O)N(C)C1CC2CCC(C1)N2. The number of carbonyl (C=O) groups is 1. The highest BCUT2D eigenvalue weighted by Crippen LogP contribution is 2.30. The van der Waals surface area contributed by atoms with E-state index in [2.05, 4.69) is 10.4 Å². The van der Waals surface area contributed by atoms with Gasteiger partial charge in [0.1, 0.15) is 0 Å². The van der Waals surface area contributed by atoms with E-state index in [1.54, 1.807) is 4.68 Å². The van der Waals surface area contributed by atoms with Crippen LogP contribution in [0.3, 0.4) is 0 Å². The number of piperidine rings is 1. The molecular weight excluding hydrogens is 252 g/mol. The zero-order chi connectivity index (χ0) is 14.3. The third-order valence-corrected chi connectivity index (χ3v) is 4.79. The van der Waals surface area contributed by atoms with Crippen LogP contribution in [-0.2, 0) is 13.5 Å². The summed E-state index contributed by atoms with van der Waals surface area (Å²) in [6.45, 7) is 2.05. The highest BCUT2D eigenvalue weighted by atomic mass is 16.2. The van der Waals surface area contributed by atoms with Gasteiger partial charge in [0.05, 0.1) is 11.3 Å². The van der Waals surface area contributed by atoms with Crippen molar-refractivity contribution in [1.82, 2.24) is 20.0 Å². The Hall–Kier alpha value is -1.36. The van der Waals surface area contributed by atoms with Crippen molar-refractivity contribution in [2.45, 2.75) is 57.2 Å². The van der Waals surface area contributed by atoms with E-state index in [0.717, 1.165) is 30.5 Å². The van der Waals surface area contributed by atoms with E-state index in [1.165, 1.54) is 12.8 Å². The molecule has 0 aliphatic carbocycles. The molecule has 2 aliphatic rings. The second-order valence-corrected chi connectivity index (χ2v) is 6.20. The van der Waals surface area contributed by atoms with Gasteiger partial charge in [-0.2, -0.15) is 5.10 Å². The minimum absolute atomic E-state index is 0.126. The molecule has 2 unspecified atom stereocenters. The summed E-state index contributed by atoms with van der Waals surface area (Å²) < 4.78 is 1.74. The number of nitrogens with zero attached hydrogens (tertiary/aromatic N) is 3. The lowest BCUT2D eigenvalue weighted by atomic mass is 9.98. The standard InChI is InChI=1S/C15H24N4O/c1-4-14-13(9-18(2)17-14)15(20)19(3)12-7-10-5-6-11(8-12)16-10/h9-12,16H,4-8H2,1-3H3. The molecule has 1 N–H and O–H groups in total. The number of rotatable bonds is 3. The predicted molar refractivity (Wildman–Crippen MR) is 77.6 cm³/mol. The minimum atomic E-state index is 0.126. The molecule has 2 saturated heterocycles. The average Bonchev–Trinajstić information content (AvgIpc) is 2.99. The lowest BCUT2D eigenvalue weighted by molar-refractivity contribution is 0.0680. The van der Waals surface area contributed by atoms with E-state index in [1.807, 2.05) is 32.1 Å². The molecule has 1 amide bonds. The fraction of sp³-hybridized carbons (Fsp3) is 0.733. The molecule has 2 aliphatic heterocycles. The number of hydrogen-bond donors (Lipinski definition) is 1. The molecule has 20 heavy (non-hydrogen) atoms. The van der Waals surface area contributed by atoms with E-state index in [0.29, 0.717) is 18.1 Å². The van der Waals surface area contributed by atoms with Gasteiger partial charge in [-0.15, -0.1) is 0 Å². The molecule has 1 aromatic rings. The van der Waals surface area contributed by atoms with Crippen LogP contribution in [-0.4, -0.2) is 45.8 Å². The Balaban J connectivity index is 1.76. The van der Waals surface area contributed by atoms with E-state index in [9.17, 15) is 4.79 Å². The van der Waals surface area contributed by atoms with Gasteiger partial charge in [-0.1, -0.05) is 6.92 Å². The second-order valence-electron chi connectivity index (χ2n) is 6.20. The molecule has 0 radical (unpaired) electrons. The quantitative estimate of drug-likeness (QED) is 0.906. The van der Waals surface area contributed by atoms with Crippen LogP contribution in [0.5, 0.6) is 0 Å². The Bertz CT molecular complexity index is 498. The Morgan fingerprint density at radius 1 is 1.45 bits per heavy atom. The molecule has 2 fully saturated rings. The Kier molecular flexibility index (Phi) is 3.54. The van der Waals surface area contributed by atoms with Crippen LogP contribution in [0.1, 0.15) is 48.7 Å². The summed E-state index contributed by atoms with van der Waals surface area (Å²) in [7, 11) is 3.82. The topological polar surface area (TPSA) is 50.2 Å². The number of hydrogen-bond acceptors (Lipinski definition) is 3. The van der Waals surface area contributed by atoms with E-state index < -0.39 is 0 Å². The largest absolute Gasteiger partial charge is 0.338 e. The summed E-state index contributed by atoms with van der Waals surface area (Å²) in [6.07, 6.45) is 7.34. The van der Waals surface area contributed by atoms with Gasteiger partial charge >= 0.3 is 0 Å². The Labute approximate surface area is 120 Å². The van der Waals surface area contributed by atoms with Gasteiger partial charge in [0.25, 0.3) is 5.91 Å². The van der Waals surface area contributed by atoms with Crippen LogP contribution in [0.2, 0.25) is 0 Å². The van der Waals surface area contributed by atoms with Crippen molar-refractivity contribution >= 4 is 5.91 Å². The van der Waals surface area contributed by atoms with Crippen LogP contribution in [0.25, 0.3) is 0 Å². The Morgan fingerprint density at radius 3 is 2.70 bits per heavy atom. The molecule has 110 valence electrons. The fourth-order valence-corrected chi connectivity index (χ4v) is 3.67. The van der Waals surface area contributed by atoms with Crippen LogP contribution in [0, 0.1) is 0 Å². The van der Waals surface area contributed by atoms with Crippen molar-refractivity contribution < 1.29 is 4.79 Å². The second kappa shape index (κ2) is 5.20. The highest BCUT2D eigenvalue weighted by Gasteiger charge is 2.37. The molecule has 1 aromatic heterocycles. The summed E-state index contributed by atoms with van der Waals surface area (Å²) in [6, 6.07) is 1.58. The van der Waals surface area contributed by atoms with Gasteiger partial charge in [-0.25, -0.2) is 0 Å². The number of aromatic nitrogens is 2. The normalized spacial score (nSPS) is 28.6. The van der Waals surface area contributed by atoms with Crippen molar-refractivity contribution in [3.8, 4) is 0 Å². The zero-order valence-corrected chi connectivity index (χ0v) is 12.6. The number of carbonyl (C=O) groups excluding carboxylic acids is 1. The predicted octanol–water partition coefficient (Wildman–Crippen LogP) is 1.34. The fourth-order valence-electron chi connectivity index (χ4n) is 3.67. The van der Waals surface area contributed by atoms with Gasteiger partial charge < -0.3 is 10.2 Å².